The largest absolute Gasteiger partial charge is 0.475 e. The molecule has 3 heterocycles. The van der Waals surface area contributed by atoms with Gasteiger partial charge in [-0.15, -0.1) is 0 Å². The number of sulfonamides is 1. The summed E-state index contributed by atoms with van der Waals surface area (Å²) in [6.07, 6.45) is 3.65. The lowest BCUT2D eigenvalue weighted by Crippen LogP contribution is -2.45. The van der Waals surface area contributed by atoms with Crippen molar-refractivity contribution in [1.82, 2.24) is 24.8 Å². The van der Waals surface area contributed by atoms with Crippen molar-refractivity contribution >= 4 is 27.7 Å². The zero-order valence-corrected chi connectivity index (χ0v) is 30.1. The van der Waals surface area contributed by atoms with Gasteiger partial charge in [0.1, 0.15) is 18.1 Å². The number of fused-ring (bicyclic) bond motifs is 4. The Morgan fingerprint density at radius 2 is 1.69 bits per heavy atom. The molecule has 1 atom stereocenters. The van der Waals surface area contributed by atoms with Gasteiger partial charge in [-0.2, -0.15) is 4.98 Å². The third-order valence-corrected chi connectivity index (χ3v) is 9.36. The Morgan fingerprint density at radius 1 is 1.00 bits per heavy atom. The molecule has 0 aliphatic carbocycles. The van der Waals surface area contributed by atoms with Gasteiger partial charge in [-0.25, -0.2) is 27.5 Å². The molecule has 260 valence electrons. The monoisotopic (exact) mass is 689 g/mol. The van der Waals surface area contributed by atoms with Crippen LogP contribution in [-0.2, 0) is 16.6 Å². The van der Waals surface area contributed by atoms with Crippen LogP contribution >= 0.6 is 0 Å². The van der Waals surface area contributed by atoms with Crippen molar-refractivity contribution in [3.63, 3.8) is 0 Å². The van der Waals surface area contributed by atoms with E-state index in [-0.39, 0.29) is 47.4 Å². The van der Waals surface area contributed by atoms with E-state index in [1.54, 1.807) is 41.4 Å². The first kappa shape index (κ1) is 35.7. The Morgan fingerprint density at radius 3 is 2.37 bits per heavy atom. The summed E-state index contributed by atoms with van der Waals surface area (Å²) in [6, 6.07) is 12.9. The van der Waals surface area contributed by atoms with Crippen molar-refractivity contribution < 1.29 is 22.3 Å². The molecule has 0 unspecified atom stereocenters. The standard InChI is InChI=1S/C36H44FN7O4S/c1-23-11-9-12-24(2)32(23)29-16-31-41-34(40-29)42-49(46,47)28-14-10-13-25(15-28)33(45)44(27(21-48-31)17-35(3,4)5)20-26-18-38-19-30(39-26)43(8)22-36(6,7)37/h9-16,18-19,27H,17,20-22H2,1-8H3,(H,40,41,42)/t27-/m1/s1. The topological polar surface area (TPSA) is 131 Å². The van der Waals surface area contributed by atoms with E-state index in [0.29, 0.717) is 23.6 Å². The molecule has 0 spiro atoms. The van der Waals surface area contributed by atoms with Crippen LogP contribution in [0.15, 0.2) is 65.8 Å². The lowest BCUT2D eigenvalue weighted by atomic mass is 9.87. The summed E-state index contributed by atoms with van der Waals surface area (Å²) in [5.41, 5.74) is 2.18. The summed E-state index contributed by atoms with van der Waals surface area (Å²) in [5.74, 6) is 0.0494. The number of carbonyl (C=O) groups excluding carboxylic acids is 1. The van der Waals surface area contributed by atoms with E-state index in [2.05, 4.69) is 40.4 Å². The molecule has 2 aromatic carbocycles. The van der Waals surface area contributed by atoms with E-state index < -0.39 is 27.6 Å². The molecule has 4 bridgehead atoms. The molecule has 5 rings (SSSR count). The molecule has 11 nitrogen and oxygen atoms in total. The Labute approximate surface area is 288 Å². The molecule has 1 amide bonds. The van der Waals surface area contributed by atoms with E-state index >= 15 is 0 Å². The fourth-order valence-electron chi connectivity index (χ4n) is 6.02. The quantitative estimate of drug-likeness (QED) is 0.235. The number of ether oxygens (including phenoxy) is 1. The second-order valence-electron chi connectivity index (χ2n) is 14.4. The molecule has 1 aliphatic heterocycles. The number of amides is 1. The maximum Gasteiger partial charge on any atom is 0.264 e. The number of hydrogen-bond acceptors (Lipinski definition) is 9. The molecule has 1 aliphatic rings. The van der Waals surface area contributed by atoms with Crippen LogP contribution in [0.25, 0.3) is 11.3 Å². The van der Waals surface area contributed by atoms with Gasteiger partial charge in [0.25, 0.3) is 15.9 Å². The molecule has 13 heteroatoms. The minimum absolute atomic E-state index is 0.0363. The molecule has 0 radical (unpaired) electrons. The highest BCUT2D eigenvalue weighted by atomic mass is 32.2. The number of anilines is 2. The van der Waals surface area contributed by atoms with E-state index in [9.17, 15) is 17.6 Å². The molecule has 0 saturated carbocycles. The minimum Gasteiger partial charge on any atom is -0.475 e. The lowest BCUT2D eigenvalue weighted by Gasteiger charge is -2.35. The molecule has 1 N–H and O–H groups in total. The number of benzene rings is 2. The number of alkyl halides is 1. The van der Waals surface area contributed by atoms with Crippen molar-refractivity contribution in [2.75, 3.05) is 29.8 Å². The van der Waals surface area contributed by atoms with Crippen LogP contribution in [0, 0.1) is 19.3 Å². The van der Waals surface area contributed by atoms with Gasteiger partial charge in [0.15, 0.2) is 0 Å². The summed E-state index contributed by atoms with van der Waals surface area (Å²) in [6.45, 7) is 13.3. The third kappa shape index (κ3) is 8.88. The van der Waals surface area contributed by atoms with Crippen LogP contribution < -0.4 is 14.4 Å². The molecular formula is C36H44FN7O4S. The highest BCUT2D eigenvalue weighted by molar-refractivity contribution is 7.92. The number of nitrogens with one attached hydrogen (secondary N) is 1. The summed E-state index contributed by atoms with van der Waals surface area (Å²) < 4.78 is 50.7. The molecule has 0 fully saturated rings. The van der Waals surface area contributed by atoms with Gasteiger partial charge < -0.3 is 14.5 Å². The highest BCUT2D eigenvalue weighted by Gasteiger charge is 2.32. The average Bonchev–Trinajstić information content (AvgIpc) is 3.00. The van der Waals surface area contributed by atoms with Crippen LogP contribution in [0.1, 0.15) is 68.2 Å². The van der Waals surface area contributed by atoms with Crippen LogP contribution in [0.4, 0.5) is 16.2 Å². The Kier molecular flexibility index (Phi) is 9.96. The summed E-state index contributed by atoms with van der Waals surface area (Å²) >= 11 is 0. The van der Waals surface area contributed by atoms with Crippen LogP contribution in [0.3, 0.4) is 0 Å². The molecule has 49 heavy (non-hydrogen) atoms. The van der Waals surface area contributed by atoms with Crippen molar-refractivity contribution in [3.05, 3.63) is 83.3 Å². The van der Waals surface area contributed by atoms with E-state index in [0.717, 1.165) is 16.7 Å². The van der Waals surface area contributed by atoms with Crippen LogP contribution in [-0.4, -0.2) is 71.1 Å². The van der Waals surface area contributed by atoms with E-state index in [4.69, 9.17) is 9.72 Å². The average molecular weight is 690 g/mol. The normalized spacial score (nSPS) is 16.5. The van der Waals surface area contributed by atoms with Gasteiger partial charge in [0, 0.05) is 24.2 Å². The maximum atomic E-state index is 14.5. The lowest BCUT2D eigenvalue weighted by molar-refractivity contribution is 0.0509. The fourth-order valence-corrected chi connectivity index (χ4v) is 7.01. The zero-order valence-electron chi connectivity index (χ0n) is 29.3. The van der Waals surface area contributed by atoms with Gasteiger partial charge >= 0.3 is 0 Å². The fraction of sp³-hybridized carbons (Fsp3) is 0.417. The predicted octanol–water partition coefficient (Wildman–Crippen LogP) is 6.38. The minimum atomic E-state index is -4.21. The van der Waals surface area contributed by atoms with Gasteiger partial charge in [-0.1, -0.05) is 45.0 Å². The second-order valence-corrected chi connectivity index (χ2v) is 16.1. The Balaban J connectivity index is 1.64. The van der Waals surface area contributed by atoms with Crippen molar-refractivity contribution in [2.24, 2.45) is 5.41 Å². The number of aromatic nitrogens is 4. The first-order chi connectivity index (χ1) is 22.9. The first-order valence-electron chi connectivity index (χ1n) is 16.1. The molecule has 4 aromatic rings. The summed E-state index contributed by atoms with van der Waals surface area (Å²) in [7, 11) is -2.48. The maximum absolute atomic E-state index is 14.5. The number of aryl methyl sites for hydroxylation is 2. The van der Waals surface area contributed by atoms with Crippen molar-refractivity contribution in [1.29, 1.82) is 0 Å². The van der Waals surface area contributed by atoms with Crippen molar-refractivity contribution in [3.8, 4) is 17.1 Å². The number of nitrogens with zero attached hydrogens (tertiary/aromatic N) is 6. The number of halogens is 1. The Hall–Kier alpha value is -4.65. The van der Waals surface area contributed by atoms with E-state index in [1.807, 2.05) is 32.0 Å². The zero-order chi connectivity index (χ0) is 35.7. The van der Waals surface area contributed by atoms with E-state index in [1.165, 1.54) is 32.0 Å². The first-order valence-corrected chi connectivity index (χ1v) is 17.6. The Bertz CT molecular complexity index is 1940. The van der Waals surface area contributed by atoms with Gasteiger partial charge in [0.2, 0.25) is 11.8 Å². The van der Waals surface area contributed by atoms with Crippen molar-refractivity contribution in [2.45, 2.75) is 78.0 Å². The van der Waals surface area contributed by atoms with Gasteiger partial charge in [0.05, 0.1) is 47.8 Å². The summed E-state index contributed by atoms with van der Waals surface area (Å²) in [4.78, 5) is 35.8. The van der Waals surface area contributed by atoms with Crippen LogP contribution in [0.2, 0.25) is 0 Å². The molecular weight excluding hydrogens is 646 g/mol. The smallest absolute Gasteiger partial charge is 0.264 e. The molecule has 0 saturated heterocycles. The molecule has 2 aromatic heterocycles. The second kappa shape index (κ2) is 13.7. The van der Waals surface area contributed by atoms with Gasteiger partial charge in [-0.05, 0) is 68.9 Å². The predicted molar refractivity (Wildman–Crippen MR) is 188 cm³/mol. The van der Waals surface area contributed by atoms with Crippen LogP contribution in [0.5, 0.6) is 5.88 Å². The SMILES string of the molecule is Cc1cccc(C)c1-c1cc2nc(n1)NS(=O)(=O)c1cccc(c1)C(=O)N(Cc1cncc(N(C)CC(C)(C)F)n1)[C@H](CC(C)(C)C)CO2. The number of rotatable bonds is 7. The third-order valence-electron chi connectivity index (χ3n) is 8.04. The highest BCUT2D eigenvalue weighted by Crippen LogP contribution is 2.32. The van der Waals surface area contributed by atoms with Gasteiger partial charge in [-0.3, -0.25) is 9.78 Å². The number of hydrogen-bond donors (Lipinski definition) is 1. The summed E-state index contributed by atoms with van der Waals surface area (Å²) in [5, 5.41) is 0. The number of carbonyl (C=O) groups is 1.